The second kappa shape index (κ2) is 5.80. The number of nitrogens with zero attached hydrogens (tertiary/aromatic N) is 2. The highest BCUT2D eigenvalue weighted by Gasteiger charge is 2.48. The van der Waals surface area contributed by atoms with Gasteiger partial charge in [0.15, 0.2) is 0 Å². The molecule has 0 aromatic heterocycles. The highest BCUT2D eigenvalue weighted by Crippen LogP contribution is 2.39. The van der Waals surface area contributed by atoms with Gasteiger partial charge in [-0.05, 0) is 58.3 Å². The molecule has 0 aliphatic carbocycles. The number of carboxylic acid groups (broad SMARTS) is 1. The van der Waals surface area contributed by atoms with Crippen molar-refractivity contribution in [1.29, 1.82) is 0 Å². The monoisotopic (exact) mass is 268 g/mol. The van der Waals surface area contributed by atoms with Gasteiger partial charge in [0.1, 0.15) is 0 Å². The van der Waals surface area contributed by atoms with Crippen LogP contribution in [0.15, 0.2) is 0 Å². The Morgan fingerprint density at radius 2 is 2.00 bits per heavy atom. The van der Waals surface area contributed by atoms with Crippen LogP contribution < -0.4 is 0 Å². The van der Waals surface area contributed by atoms with E-state index in [4.69, 9.17) is 0 Å². The fourth-order valence-corrected chi connectivity index (χ4v) is 3.66. The third kappa shape index (κ3) is 2.95. The Morgan fingerprint density at radius 3 is 2.58 bits per heavy atom. The Kier molecular flexibility index (Phi) is 4.51. The van der Waals surface area contributed by atoms with Crippen LogP contribution in [0.5, 0.6) is 0 Å². The van der Waals surface area contributed by atoms with Crippen LogP contribution in [0, 0.1) is 11.3 Å². The number of hydrogen-bond acceptors (Lipinski definition) is 3. The highest BCUT2D eigenvalue weighted by molar-refractivity contribution is 5.75. The average Bonchev–Trinajstić information content (AvgIpc) is 2.69. The van der Waals surface area contributed by atoms with E-state index in [9.17, 15) is 9.90 Å². The van der Waals surface area contributed by atoms with Crippen LogP contribution in [-0.4, -0.2) is 60.1 Å². The minimum atomic E-state index is -0.601. The average molecular weight is 268 g/mol. The minimum Gasteiger partial charge on any atom is -0.481 e. The van der Waals surface area contributed by atoms with Crippen LogP contribution in [-0.2, 0) is 4.79 Å². The van der Waals surface area contributed by atoms with Crippen LogP contribution in [0.2, 0.25) is 0 Å². The first-order valence-corrected chi connectivity index (χ1v) is 7.62. The van der Waals surface area contributed by atoms with Crippen molar-refractivity contribution in [3.8, 4) is 0 Å². The first kappa shape index (κ1) is 14.8. The normalized spacial score (nSPS) is 34.6. The molecule has 2 unspecified atom stereocenters. The molecule has 4 heteroatoms. The molecule has 4 nitrogen and oxygen atoms in total. The summed E-state index contributed by atoms with van der Waals surface area (Å²) in [5, 5.41) is 9.61. The maximum atomic E-state index is 11.7. The van der Waals surface area contributed by atoms with Crippen molar-refractivity contribution in [2.45, 2.75) is 45.6 Å². The van der Waals surface area contributed by atoms with E-state index in [1.807, 2.05) is 0 Å². The standard InChI is InChI=1S/C15H28N2O2/c1-12(2)15(14(18)19)7-10-17(11-15)13-5-4-8-16(3)9-6-13/h12-13H,4-11H2,1-3H3,(H,18,19). The topological polar surface area (TPSA) is 43.8 Å². The molecular formula is C15H28N2O2. The summed E-state index contributed by atoms with van der Waals surface area (Å²) < 4.78 is 0. The molecular weight excluding hydrogens is 240 g/mol. The summed E-state index contributed by atoms with van der Waals surface area (Å²) in [6, 6.07) is 0.588. The third-order valence-corrected chi connectivity index (χ3v) is 5.30. The maximum Gasteiger partial charge on any atom is 0.311 e. The van der Waals surface area contributed by atoms with E-state index < -0.39 is 11.4 Å². The summed E-state index contributed by atoms with van der Waals surface area (Å²) in [5.74, 6) is -0.390. The summed E-state index contributed by atoms with van der Waals surface area (Å²) in [5.41, 5.74) is -0.516. The largest absolute Gasteiger partial charge is 0.481 e. The molecule has 0 saturated carbocycles. The summed E-state index contributed by atoms with van der Waals surface area (Å²) in [4.78, 5) is 16.5. The Labute approximate surface area is 116 Å². The molecule has 2 heterocycles. The van der Waals surface area contributed by atoms with Crippen molar-refractivity contribution in [3.63, 3.8) is 0 Å². The van der Waals surface area contributed by atoms with E-state index in [1.165, 1.54) is 25.8 Å². The van der Waals surface area contributed by atoms with Crippen LogP contribution in [0.4, 0.5) is 0 Å². The summed E-state index contributed by atoms with van der Waals surface area (Å²) in [7, 11) is 2.18. The van der Waals surface area contributed by atoms with Gasteiger partial charge in [-0.1, -0.05) is 13.8 Å². The molecule has 0 radical (unpaired) electrons. The van der Waals surface area contributed by atoms with Crippen molar-refractivity contribution in [3.05, 3.63) is 0 Å². The summed E-state index contributed by atoms with van der Waals surface area (Å²) >= 11 is 0. The van der Waals surface area contributed by atoms with Gasteiger partial charge in [0.2, 0.25) is 0 Å². The predicted molar refractivity (Wildman–Crippen MR) is 76.2 cm³/mol. The molecule has 2 aliphatic heterocycles. The van der Waals surface area contributed by atoms with E-state index in [0.717, 1.165) is 26.1 Å². The molecule has 0 amide bonds. The molecule has 2 saturated heterocycles. The lowest BCUT2D eigenvalue weighted by atomic mass is 9.76. The van der Waals surface area contributed by atoms with E-state index >= 15 is 0 Å². The molecule has 110 valence electrons. The van der Waals surface area contributed by atoms with Gasteiger partial charge >= 0.3 is 5.97 Å². The molecule has 0 aromatic rings. The lowest BCUT2D eigenvalue weighted by Crippen LogP contribution is -2.42. The van der Waals surface area contributed by atoms with Gasteiger partial charge in [-0.2, -0.15) is 0 Å². The SMILES string of the molecule is CC(C)C1(C(=O)O)CCN(C2CCCN(C)CC2)C1. The molecule has 2 aliphatic rings. The summed E-state index contributed by atoms with van der Waals surface area (Å²) in [6.45, 7) is 8.13. The van der Waals surface area contributed by atoms with E-state index in [2.05, 4.69) is 30.7 Å². The molecule has 0 aromatic carbocycles. The molecule has 1 N–H and O–H groups in total. The van der Waals surface area contributed by atoms with Gasteiger partial charge in [0.25, 0.3) is 0 Å². The minimum absolute atomic E-state index is 0.212. The van der Waals surface area contributed by atoms with E-state index in [-0.39, 0.29) is 5.92 Å². The Bertz CT molecular complexity index is 332. The van der Waals surface area contributed by atoms with Gasteiger partial charge in [0.05, 0.1) is 5.41 Å². The number of carboxylic acids is 1. The first-order valence-electron chi connectivity index (χ1n) is 7.62. The molecule has 2 fully saturated rings. The maximum absolute atomic E-state index is 11.7. The fraction of sp³-hybridized carbons (Fsp3) is 0.933. The molecule has 2 rings (SSSR count). The Morgan fingerprint density at radius 1 is 1.26 bits per heavy atom. The van der Waals surface area contributed by atoms with Crippen molar-refractivity contribution in [2.24, 2.45) is 11.3 Å². The van der Waals surface area contributed by atoms with Gasteiger partial charge in [0, 0.05) is 12.6 Å². The second-order valence-corrected chi connectivity index (χ2v) is 6.72. The molecule has 2 atom stereocenters. The van der Waals surface area contributed by atoms with Gasteiger partial charge in [-0.3, -0.25) is 9.69 Å². The zero-order chi connectivity index (χ0) is 14.0. The number of aliphatic carboxylic acids is 1. The van der Waals surface area contributed by atoms with E-state index in [1.54, 1.807) is 0 Å². The zero-order valence-electron chi connectivity index (χ0n) is 12.6. The van der Waals surface area contributed by atoms with Gasteiger partial charge in [-0.25, -0.2) is 0 Å². The van der Waals surface area contributed by atoms with Gasteiger partial charge < -0.3 is 10.0 Å². The molecule has 19 heavy (non-hydrogen) atoms. The van der Waals surface area contributed by atoms with Crippen LogP contribution in [0.25, 0.3) is 0 Å². The van der Waals surface area contributed by atoms with Crippen LogP contribution >= 0.6 is 0 Å². The van der Waals surface area contributed by atoms with Gasteiger partial charge in [-0.15, -0.1) is 0 Å². The lowest BCUT2D eigenvalue weighted by Gasteiger charge is -2.32. The van der Waals surface area contributed by atoms with Crippen molar-refractivity contribution in [2.75, 3.05) is 33.2 Å². The van der Waals surface area contributed by atoms with Crippen molar-refractivity contribution >= 4 is 5.97 Å². The predicted octanol–water partition coefficient (Wildman–Crippen LogP) is 1.90. The Hall–Kier alpha value is -0.610. The number of likely N-dealkylation sites (tertiary alicyclic amines) is 2. The Balaban J connectivity index is 2.02. The number of carbonyl (C=O) groups is 1. The quantitative estimate of drug-likeness (QED) is 0.849. The summed E-state index contributed by atoms with van der Waals surface area (Å²) in [6.07, 6.45) is 4.45. The van der Waals surface area contributed by atoms with Crippen molar-refractivity contribution < 1.29 is 9.90 Å². The second-order valence-electron chi connectivity index (χ2n) is 6.72. The first-order chi connectivity index (χ1) is 8.95. The highest BCUT2D eigenvalue weighted by atomic mass is 16.4. The third-order valence-electron chi connectivity index (χ3n) is 5.30. The van der Waals surface area contributed by atoms with Crippen LogP contribution in [0.3, 0.4) is 0 Å². The fourth-order valence-electron chi connectivity index (χ4n) is 3.66. The van der Waals surface area contributed by atoms with E-state index in [0.29, 0.717) is 6.04 Å². The van der Waals surface area contributed by atoms with Crippen molar-refractivity contribution in [1.82, 2.24) is 9.80 Å². The smallest absolute Gasteiger partial charge is 0.311 e. The number of rotatable bonds is 3. The zero-order valence-corrected chi connectivity index (χ0v) is 12.6. The molecule has 0 bridgehead atoms. The lowest BCUT2D eigenvalue weighted by molar-refractivity contribution is -0.151. The molecule has 0 spiro atoms. The number of hydrogen-bond donors (Lipinski definition) is 1. The van der Waals surface area contributed by atoms with Crippen LogP contribution in [0.1, 0.15) is 39.5 Å².